The minimum atomic E-state index is -0.444. The van der Waals surface area contributed by atoms with Crippen LogP contribution < -0.4 is 0 Å². The SMILES string of the molecule is C=NN1CCN2C(c3c(F)ccc(Br)c3Cl)=Nc3cn[nH]c3C(C)=C12. The molecule has 0 amide bonds. The molecular formula is C16H13BrClFN6. The number of aromatic nitrogens is 2. The van der Waals surface area contributed by atoms with Crippen molar-refractivity contribution < 1.29 is 4.39 Å². The Labute approximate surface area is 156 Å². The molecule has 1 saturated heterocycles. The van der Waals surface area contributed by atoms with Gasteiger partial charge in [0.05, 0.1) is 29.0 Å². The molecule has 4 rings (SSSR count). The zero-order valence-electron chi connectivity index (χ0n) is 13.2. The lowest BCUT2D eigenvalue weighted by Crippen LogP contribution is -2.30. The van der Waals surface area contributed by atoms with Gasteiger partial charge in [0.25, 0.3) is 0 Å². The van der Waals surface area contributed by atoms with Gasteiger partial charge in [0.2, 0.25) is 0 Å². The predicted molar refractivity (Wildman–Crippen MR) is 99.4 cm³/mol. The minimum Gasteiger partial charge on any atom is -0.308 e. The number of hydrogen-bond acceptors (Lipinski definition) is 5. The first-order valence-electron chi connectivity index (χ1n) is 7.51. The van der Waals surface area contributed by atoms with Crippen LogP contribution >= 0.6 is 27.5 Å². The number of benzene rings is 1. The molecule has 1 aromatic carbocycles. The number of H-pyrrole nitrogens is 1. The van der Waals surface area contributed by atoms with Crippen molar-refractivity contribution in [2.45, 2.75) is 6.92 Å². The molecule has 0 spiro atoms. The van der Waals surface area contributed by atoms with Crippen LogP contribution in [-0.4, -0.2) is 45.7 Å². The Balaban J connectivity index is 2.02. The maximum atomic E-state index is 14.7. The van der Waals surface area contributed by atoms with Crippen molar-refractivity contribution in [2.75, 3.05) is 13.1 Å². The molecule has 1 N–H and O–H groups in total. The van der Waals surface area contributed by atoms with E-state index >= 15 is 0 Å². The van der Waals surface area contributed by atoms with Gasteiger partial charge in [-0.15, -0.1) is 0 Å². The number of rotatable bonds is 2. The summed E-state index contributed by atoms with van der Waals surface area (Å²) in [6.07, 6.45) is 1.61. The highest BCUT2D eigenvalue weighted by Crippen LogP contribution is 2.39. The van der Waals surface area contributed by atoms with Gasteiger partial charge in [-0.05, 0) is 35.0 Å². The van der Waals surface area contributed by atoms with Crippen molar-refractivity contribution in [3.63, 3.8) is 0 Å². The summed E-state index contributed by atoms with van der Waals surface area (Å²) in [7, 11) is 0. The van der Waals surface area contributed by atoms with E-state index in [4.69, 9.17) is 11.6 Å². The monoisotopic (exact) mass is 422 g/mol. The number of nitrogens with zero attached hydrogens (tertiary/aromatic N) is 5. The molecule has 2 aliphatic rings. The lowest BCUT2D eigenvalue weighted by molar-refractivity contribution is 0.410. The van der Waals surface area contributed by atoms with Gasteiger partial charge < -0.3 is 4.90 Å². The smallest absolute Gasteiger partial charge is 0.146 e. The average molecular weight is 424 g/mol. The summed E-state index contributed by atoms with van der Waals surface area (Å²) in [4.78, 5) is 6.58. The van der Waals surface area contributed by atoms with Gasteiger partial charge in [-0.1, -0.05) is 11.6 Å². The molecule has 0 saturated carbocycles. The van der Waals surface area contributed by atoms with Crippen LogP contribution in [0, 0.1) is 5.82 Å². The summed E-state index contributed by atoms with van der Waals surface area (Å²) < 4.78 is 15.3. The maximum Gasteiger partial charge on any atom is 0.146 e. The van der Waals surface area contributed by atoms with E-state index < -0.39 is 5.82 Å². The number of hydrogen-bond donors (Lipinski definition) is 1. The van der Waals surface area contributed by atoms with E-state index in [9.17, 15) is 4.39 Å². The molecule has 0 atom stereocenters. The van der Waals surface area contributed by atoms with E-state index in [0.717, 1.165) is 17.1 Å². The van der Waals surface area contributed by atoms with Crippen LogP contribution in [0.3, 0.4) is 0 Å². The third kappa shape index (κ3) is 2.39. The minimum absolute atomic E-state index is 0.237. The average Bonchev–Trinajstić information content (AvgIpc) is 3.21. The molecule has 0 unspecified atom stereocenters. The zero-order chi connectivity index (χ0) is 17.7. The first-order chi connectivity index (χ1) is 12.0. The van der Waals surface area contributed by atoms with Crippen LogP contribution in [0.25, 0.3) is 5.57 Å². The molecule has 0 bridgehead atoms. The summed E-state index contributed by atoms with van der Waals surface area (Å²) in [6.45, 7) is 6.78. The number of halogens is 3. The van der Waals surface area contributed by atoms with Gasteiger partial charge in [0.15, 0.2) is 0 Å². The van der Waals surface area contributed by atoms with E-state index in [1.807, 2.05) is 11.8 Å². The normalized spacial score (nSPS) is 16.6. The van der Waals surface area contributed by atoms with E-state index in [1.165, 1.54) is 6.07 Å². The Hall–Kier alpha value is -2.19. The summed E-state index contributed by atoms with van der Waals surface area (Å²) in [6, 6.07) is 2.94. The Morgan fingerprint density at radius 3 is 2.96 bits per heavy atom. The van der Waals surface area contributed by atoms with Crippen molar-refractivity contribution in [2.24, 2.45) is 10.1 Å². The van der Waals surface area contributed by atoms with Gasteiger partial charge in [-0.2, -0.15) is 10.2 Å². The summed E-state index contributed by atoms with van der Waals surface area (Å²) in [5.74, 6) is 0.762. The molecule has 6 nitrogen and oxygen atoms in total. The number of nitrogens with one attached hydrogen (secondary N) is 1. The third-order valence-electron chi connectivity index (χ3n) is 4.29. The van der Waals surface area contributed by atoms with Crippen molar-refractivity contribution in [3.8, 4) is 0 Å². The second kappa shape index (κ2) is 5.96. The fraction of sp³-hybridized carbons (Fsp3) is 0.188. The van der Waals surface area contributed by atoms with Crippen LogP contribution in [0.1, 0.15) is 18.2 Å². The van der Waals surface area contributed by atoms with Crippen molar-refractivity contribution in [1.82, 2.24) is 20.1 Å². The number of fused-ring (bicyclic) bond motifs is 2. The van der Waals surface area contributed by atoms with Gasteiger partial charge >= 0.3 is 0 Å². The summed E-state index contributed by atoms with van der Waals surface area (Å²) in [5.41, 5.74) is 2.52. The lowest BCUT2D eigenvalue weighted by Gasteiger charge is -2.24. The summed E-state index contributed by atoms with van der Waals surface area (Å²) >= 11 is 9.76. The highest BCUT2D eigenvalue weighted by atomic mass is 79.9. The number of hydrazone groups is 1. The molecule has 1 aromatic heterocycles. The fourth-order valence-corrected chi connectivity index (χ4v) is 3.70. The first kappa shape index (κ1) is 16.3. The Morgan fingerprint density at radius 2 is 2.20 bits per heavy atom. The molecule has 2 aromatic rings. The Kier molecular flexibility index (Phi) is 3.88. The molecule has 0 radical (unpaired) electrons. The van der Waals surface area contributed by atoms with E-state index in [2.05, 4.69) is 42.9 Å². The zero-order valence-corrected chi connectivity index (χ0v) is 15.6. The van der Waals surface area contributed by atoms with Crippen molar-refractivity contribution >= 4 is 51.3 Å². The third-order valence-corrected chi connectivity index (χ3v) is 5.57. The number of amidine groups is 1. The lowest BCUT2D eigenvalue weighted by atomic mass is 10.1. The first-order valence-corrected chi connectivity index (χ1v) is 8.69. The Morgan fingerprint density at radius 1 is 1.40 bits per heavy atom. The number of allylic oxidation sites excluding steroid dienone is 1. The second-order valence-electron chi connectivity index (χ2n) is 5.65. The molecule has 0 aliphatic carbocycles. The van der Waals surface area contributed by atoms with Gasteiger partial charge in [-0.25, -0.2) is 14.4 Å². The molecular weight excluding hydrogens is 411 g/mol. The molecule has 1 fully saturated rings. The van der Waals surface area contributed by atoms with Crippen LogP contribution in [0.15, 0.2) is 38.7 Å². The molecule has 25 heavy (non-hydrogen) atoms. The summed E-state index contributed by atoms with van der Waals surface area (Å²) in [5, 5.41) is 13.1. The van der Waals surface area contributed by atoms with E-state index in [-0.39, 0.29) is 10.6 Å². The standard InChI is InChI=1S/C16H13BrClFN6/c1-8-14-11(7-21-23-14)22-15(24-5-6-25(20-2)16(8)24)12-10(19)4-3-9(17)13(12)18/h3-4,7H,2,5-6H2,1H3,(H,21,23). The molecule has 3 heterocycles. The largest absolute Gasteiger partial charge is 0.308 e. The number of aromatic amines is 1. The highest BCUT2D eigenvalue weighted by Gasteiger charge is 2.36. The maximum absolute atomic E-state index is 14.7. The highest BCUT2D eigenvalue weighted by molar-refractivity contribution is 9.10. The van der Waals surface area contributed by atoms with Crippen LogP contribution in [0.5, 0.6) is 0 Å². The molecule has 128 valence electrons. The number of aliphatic imine (C=N–C) groups is 1. The van der Waals surface area contributed by atoms with Crippen molar-refractivity contribution in [1.29, 1.82) is 0 Å². The van der Waals surface area contributed by atoms with Gasteiger partial charge in [0.1, 0.15) is 23.2 Å². The Bertz CT molecular complexity index is 950. The topological polar surface area (TPSA) is 59.9 Å². The van der Waals surface area contributed by atoms with Crippen LogP contribution in [0.2, 0.25) is 5.02 Å². The molecule has 2 aliphatic heterocycles. The second-order valence-corrected chi connectivity index (χ2v) is 6.88. The predicted octanol–water partition coefficient (Wildman–Crippen LogP) is 3.98. The van der Waals surface area contributed by atoms with Gasteiger partial charge in [0, 0.05) is 23.3 Å². The van der Waals surface area contributed by atoms with E-state index in [1.54, 1.807) is 17.3 Å². The van der Waals surface area contributed by atoms with Crippen molar-refractivity contribution in [3.05, 3.63) is 50.7 Å². The molecule has 9 heteroatoms. The fourth-order valence-electron chi connectivity index (χ4n) is 3.14. The van der Waals surface area contributed by atoms with Crippen LogP contribution in [-0.2, 0) is 0 Å². The van der Waals surface area contributed by atoms with Crippen LogP contribution in [0.4, 0.5) is 10.1 Å². The quantitative estimate of drug-likeness (QED) is 0.587. The van der Waals surface area contributed by atoms with Gasteiger partial charge in [-0.3, -0.25) is 5.10 Å². The van der Waals surface area contributed by atoms with E-state index in [0.29, 0.717) is 29.1 Å².